The van der Waals surface area contributed by atoms with Gasteiger partial charge < -0.3 is 23.6 Å². The number of aromatic amines is 1. The molecule has 0 unspecified atom stereocenters. The molecule has 0 aliphatic carbocycles. The molecule has 0 radical (unpaired) electrons. The Morgan fingerprint density at radius 1 is 0.926 bits per heavy atom. The predicted octanol–water partition coefficient (Wildman–Crippen LogP) is 4.28. The first kappa shape index (κ1) is 17.0. The number of ether oxygens (including phenoxy) is 3. The molecular weight excluding hydrogens is 346 g/mol. The summed E-state index contributed by atoms with van der Waals surface area (Å²) in [5.41, 5.74) is 3.62. The number of aryl methyl sites for hydroxylation is 1. The summed E-state index contributed by atoms with van der Waals surface area (Å²) in [4.78, 5) is 15.5. The molecule has 0 aliphatic heterocycles. The lowest BCUT2D eigenvalue weighted by atomic mass is 9.99. The van der Waals surface area contributed by atoms with Crippen LogP contribution in [0.1, 0.15) is 5.69 Å². The van der Waals surface area contributed by atoms with E-state index in [0.29, 0.717) is 33.8 Å². The zero-order chi connectivity index (χ0) is 19.1. The van der Waals surface area contributed by atoms with Crippen LogP contribution in [0.3, 0.4) is 0 Å². The molecule has 0 saturated heterocycles. The average Bonchev–Trinajstić information content (AvgIpc) is 3.04. The second-order valence-corrected chi connectivity index (χ2v) is 6.25. The summed E-state index contributed by atoms with van der Waals surface area (Å²) in [6.07, 6.45) is 0. The molecule has 0 fully saturated rings. The molecule has 2 heterocycles. The van der Waals surface area contributed by atoms with Crippen molar-refractivity contribution in [3.63, 3.8) is 0 Å². The van der Waals surface area contributed by atoms with Crippen LogP contribution < -0.4 is 19.8 Å². The fourth-order valence-electron chi connectivity index (χ4n) is 3.47. The molecule has 0 atom stereocenters. The molecule has 0 saturated carbocycles. The molecule has 1 N–H and O–H groups in total. The summed E-state index contributed by atoms with van der Waals surface area (Å²) < 4.78 is 21.9. The number of methoxy groups -OCH3 is 3. The monoisotopic (exact) mass is 365 g/mol. The number of nitrogens with one attached hydrogen (secondary N) is 1. The van der Waals surface area contributed by atoms with Gasteiger partial charge in [-0.05, 0) is 30.7 Å². The van der Waals surface area contributed by atoms with Gasteiger partial charge in [-0.25, -0.2) is 4.79 Å². The number of H-pyrrole nitrogens is 1. The lowest BCUT2D eigenvalue weighted by Crippen LogP contribution is -2.02. The van der Waals surface area contributed by atoms with Crippen molar-refractivity contribution in [1.82, 2.24) is 4.98 Å². The zero-order valence-electron chi connectivity index (χ0n) is 15.5. The van der Waals surface area contributed by atoms with Crippen molar-refractivity contribution in [2.45, 2.75) is 6.92 Å². The smallest absolute Gasteiger partial charge is 0.336 e. The average molecular weight is 365 g/mol. The molecule has 2 aromatic carbocycles. The number of aromatic nitrogens is 1. The summed E-state index contributed by atoms with van der Waals surface area (Å²) in [5, 5.41) is 1.71. The van der Waals surface area contributed by atoms with E-state index in [4.69, 9.17) is 18.6 Å². The van der Waals surface area contributed by atoms with Gasteiger partial charge in [-0.15, -0.1) is 0 Å². The summed E-state index contributed by atoms with van der Waals surface area (Å²) in [5.74, 6) is 1.33. The van der Waals surface area contributed by atoms with Crippen molar-refractivity contribution in [2.75, 3.05) is 21.3 Å². The third kappa shape index (κ3) is 2.70. The van der Waals surface area contributed by atoms with Gasteiger partial charge in [0.15, 0.2) is 11.5 Å². The number of hydrogen-bond acceptors (Lipinski definition) is 5. The molecule has 138 valence electrons. The van der Waals surface area contributed by atoms with Gasteiger partial charge in [-0.2, -0.15) is 0 Å². The second kappa shape index (κ2) is 6.39. The van der Waals surface area contributed by atoms with Crippen LogP contribution in [0.2, 0.25) is 0 Å². The minimum atomic E-state index is -0.447. The molecule has 4 rings (SSSR count). The first-order valence-electron chi connectivity index (χ1n) is 8.42. The minimum absolute atomic E-state index is 0.373. The maximum atomic E-state index is 12.2. The van der Waals surface area contributed by atoms with Crippen LogP contribution in [-0.4, -0.2) is 26.3 Å². The Bertz CT molecular complexity index is 1220. The Balaban J connectivity index is 2.10. The van der Waals surface area contributed by atoms with E-state index in [9.17, 15) is 4.79 Å². The van der Waals surface area contributed by atoms with Crippen LogP contribution in [0.25, 0.3) is 33.0 Å². The lowest BCUT2D eigenvalue weighted by molar-refractivity contribution is 0.326. The Morgan fingerprint density at radius 3 is 2.41 bits per heavy atom. The molecule has 0 aliphatic rings. The van der Waals surface area contributed by atoms with E-state index in [1.807, 2.05) is 25.1 Å². The molecule has 0 spiro atoms. The highest BCUT2D eigenvalue weighted by atomic mass is 16.5. The lowest BCUT2D eigenvalue weighted by Gasteiger charge is -2.16. The number of benzene rings is 2. The Labute approximate surface area is 155 Å². The Kier molecular flexibility index (Phi) is 4.03. The largest absolute Gasteiger partial charge is 0.493 e. The van der Waals surface area contributed by atoms with Crippen molar-refractivity contribution >= 4 is 21.9 Å². The van der Waals surface area contributed by atoms with Gasteiger partial charge in [0.1, 0.15) is 5.58 Å². The van der Waals surface area contributed by atoms with Crippen molar-refractivity contribution in [2.24, 2.45) is 0 Å². The van der Waals surface area contributed by atoms with E-state index in [2.05, 4.69) is 11.1 Å². The third-order valence-corrected chi connectivity index (χ3v) is 4.60. The van der Waals surface area contributed by atoms with Gasteiger partial charge in [-0.1, -0.05) is 6.07 Å². The van der Waals surface area contributed by atoms with Gasteiger partial charge in [-0.3, -0.25) is 0 Å². The minimum Gasteiger partial charge on any atom is -0.493 e. The summed E-state index contributed by atoms with van der Waals surface area (Å²) >= 11 is 0. The highest BCUT2D eigenvalue weighted by Gasteiger charge is 2.21. The maximum Gasteiger partial charge on any atom is 0.336 e. The summed E-state index contributed by atoms with van der Waals surface area (Å²) in [6, 6.07) is 11.2. The maximum absolute atomic E-state index is 12.2. The van der Waals surface area contributed by atoms with Crippen LogP contribution in [0.4, 0.5) is 0 Å². The standard InChI is InChI=1S/C21H19NO5/c1-11-7-13-8-12(5-6-15(13)22-11)14-9-18(23)27-16-10-17(24-2)20(25-3)21(26-4)19(14)16/h5-10,22H,1-4H3. The topological polar surface area (TPSA) is 73.7 Å². The molecule has 4 aromatic rings. The predicted molar refractivity (Wildman–Crippen MR) is 104 cm³/mol. The molecule has 27 heavy (non-hydrogen) atoms. The highest BCUT2D eigenvalue weighted by molar-refractivity contribution is 6.02. The van der Waals surface area contributed by atoms with Crippen LogP contribution in [0.5, 0.6) is 17.2 Å². The third-order valence-electron chi connectivity index (χ3n) is 4.60. The molecule has 0 amide bonds. The Hall–Kier alpha value is -3.41. The molecular formula is C21H19NO5. The summed E-state index contributed by atoms with van der Waals surface area (Å²) in [7, 11) is 4.61. The van der Waals surface area contributed by atoms with Crippen molar-refractivity contribution in [1.29, 1.82) is 0 Å². The highest BCUT2D eigenvalue weighted by Crippen LogP contribution is 2.46. The van der Waals surface area contributed by atoms with E-state index in [1.54, 1.807) is 20.3 Å². The van der Waals surface area contributed by atoms with E-state index in [-0.39, 0.29) is 0 Å². The fourth-order valence-corrected chi connectivity index (χ4v) is 3.47. The number of hydrogen-bond donors (Lipinski definition) is 1. The van der Waals surface area contributed by atoms with Gasteiger partial charge >= 0.3 is 5.63 Å². The van der Waals surface area contributed by atoms with Gasteiger partial charge in [0.25, 0.3) is 0 Å². The Morgan fingerprint density at radius 2 is 1.70 bits per heavy atom. The van der Waals surface area contributed by atoms with E-state index < -0.39 is 5.63 Å². The van der Waals surface area contributed by atoms with Crippen molar-refractivity contribution < 1.29 is 18.6 Å². The van der Waals surface area contributed by atoms with Gasteiger partial charge in [0.05, 0.1) is 26.7 Å². The first-order chi connectivity index (χ1) is 13.0. The molecule has 6 heteroatoms. The van der Waals surface area contributed by atoms with Crippen LogP contribution >= 0.6 is 0 Å². The van der Waals surface area contributed by atoms with Gasteiger partial charge in [0.2, 0.25) is 5.75 Å². The normalized spacial score (nSPS) is 11.1. The van der Waals surface area contributed by atoms with Gasteiger partial charge in [0, 0.05) is 34.3 Å². The molecule has 2 aromatic heterocycles. The number of rotatable bonds is 4. The van der Waals surface area contributed by atoms with Crippen LogP contribution in [-0.2, 0) is 0 Å². The fraction of sp³-hybridized carbons (Fsp3) is 0.190. The van der Waals surface area contributed by atoms with E-state index in [1.165, 1.54) is 13.2 Å². The quantitative estimate of drug-likeness (QED) is 0.547. The first-order valence-corrected chi connectivity index (χ1v) is 8.42. The number of fused-ring (bicyclic) bond motifs is 2. The van der Waals surface area contributed by atoms with Crippen molar-refractivity contribution in [3.05, 3.63) is 52.5 Å². The van der Waals surface area contributed by atoms with Crippen molar-refractivity contribution in [3.8, 4) is 28.4 Å². The SMILES string of the molecule is COc1cc2oc(=O)cc(-c3ccc4[nH]c(C)cc4c3)c2c(OC)c1OC. The van der Waals surface area contributed by atoms with E-state index in [0.717, 1.165) is 22.2 Å². The zero-order valence-corrected chi connectivity index (χ0v) is 15.5. The van der Waals surface area contributed by atoms with E-state index >= 15 is 0 Å². The van der Waals surface area contributed by atoms with Crippen LogP contribution in [0.15, 0.2) is 45.6 Å². The second-order valence-electron chi connectivity index (χ2n) is 6.25. The molecule has 0 bridgehead atoms. The summed E-state index contributed by atoms with van der Waals surface area (Å²) in [6.45, 7) is 2.01. The molecule has 6 nitrogen and oxygen atoms in total. The van der Waals surface area contributed by atoms with Crippen LogP contribution in [0, 0.1) is 6.92 Å².